The molecule has 0 bridgehead atoms. The third-order valence-electron chi connectivity index (χ3n) is 4.06. The average molecular weight is 478 g/mol. The number of rotatable bonds is 8. The summed E-state index contributed by atoms with van der Waals surface area (Å²) in [6.07, 6.45) is -0.356. The number of amides is 2. The van der Waals surface area contributed by atoms with E-state index >= 15 is 0 Å². The lowest BCUT2D eigenvalue weighted by Gasteiger charge is -2.11. The number of aryl methyl sites for hydroxylation is 2. The van der Waals surface area contributed by atoms with Gasteiger partial charge in [0.25, 0.3) is 11.6 Å². The zero-order valence-electron chi connectivity index (χ0n) is 16.4. The van der Waals surface area contributed by atoms with Gasteiger partial charge in [-0.3, -0.25) is 24.5 Å². The summed E-state index contributed by atoms with van der Waals surface area (Å²) < 4.78 is 5.82. The molecule has 0 saturated heterocycles. The minimum absolute atomic E-state index is 0.0941. The molecule has 2 N–H and O–H groups in total. The minimum Gasteiger partial charge on any atom is -0.456 e. The Balaban J connectivity index is 1.73. The zero-order valence-corrected chi connectivity index (χ0v) is 17.9. The Morgan fingerprint density at radius 3 is 2.30 bits per heavy atom. The zero-order chi connectivity index (χ0) is 22.3. The highest BCUT2D eigenvalue weighted by Crippen LogP contribution is 2.24. The number of carbonyl (C=O) groups excluding carboxylic acids is 3. The van der Waals surface area contributed by atoms with Crippen LogP contribution in [0.5, 0.6) is 0 Å². The molecule has 2 aromatic carbocycles. The van der Waals surface area contributed by atoms with E-state index in [1.54, 1.807) is 0 Å². The highest BCUT2D eigenvalue weighted by Gasteiger charge is 2.13. The van der Waals surface area contributed by atoms with Gasteiger partial charge in [0, 0.05) is 34.4 Å². The van der Waals surface area contributed by atoms with Crippen molar-refractivity contribution in [1.29, 1.82) is 0 Å². The standard InChI is InChI=1S/C20H20BrN3O6/c1-12-10-17(13(2)9-16(12)21)23-19(26)11-30-20(27)8-7-18(25)22-14-3-5-15(6-4-14)24(28)29/h3-6,9-10H,7-8,11H2,1-2H3,(H,22,25)(H,23,26). The van der Waals surface area contributed by atoms with Gasteiger partial charge in [0.2, 0.25) is 5.91 Å². The quantitative estimate of drug-likeness (QED) is 0.337. The number of nitro benzene ring substituents is 1. The van der Waals surface area contributed by atoms with Crippen molar-refractivity contribution in [2.75, 3.05) is 17.2 Å². The van der Waals surface area contributed by atoms with Crippen LogP contribution in [-0.4, -0.2) is 29.3 Å². The first-order chi connectivity index (χ1) is 14.2. The number of non-ortho nitro benzene ring substituents is 1. The third-order valence-corrected chi connectivity index (χ3v) is 4.92. The second-order valence-electron chi connectivity index (χ2n) is 6.48. The van der Waals surface area contributed by atoms with Crippen LogP contribution in [0, 0.1) is 24.0 Å². The third kappa shape index (κ3) is 6.96. The molecule has 30 heavy (non-hydrogen) atoms. The van der Waals surface area contributed by atoms with Crippen LogP contribution in [0.25, 0.3) is 0 Å². The summed E-state index contributed by atoms with van der Waals surface area (Å²) >= 11 is 3.41. The summed E-state index contributed by atoms with van der Waals surface area (Å²) in [5, 5.41) is 15.8. The molecular formula is C20H20BrN3O6. The number of esters is 1. The lowest BCUT2D eigenvalue weighted by molar-refractivity contribution is -0.384. The van der Waals surface area contributed by atoms with E-state index in [0.717, 1.165) is 15.6 Å². The van der Waals surface area contributed by atoms with Gasteiger partial charge in [-0.15, -0.1) is 0 Å². The van der Waals surface area contributed by atoms with Gasteiger partial charge in [0.05, 0.1) is 11.3 Å². The van der Waals surface area contributed by atoms with Gasteiger partial charge in [-0.1, -0.05) is 15.9 Å². The van der Waals surface area contributed by atoms with Crippen molar-refractivity contribution < 1.29 is 24.0 Å². The Hall–Kier alpha value is -3.27. The van der Waals surface area contributed by atoms with E-state index in [2.05, 4.69) is 26.6 Å². The summed E-state index contributed by atoms with van der Waals surface area (Å²) in [6.45, 7) is 3.27. The van der Waals surface area contributed by atoms with E-state index < -0.39 is 29.3 Å². The molecule has 0 aromatic heterocycles. The first kappa shape index (κ1) is 23.0. The van der Waals surface area contributed by atoms with E-state index in [-0.39, 0.29) is 18.5 Å². The Morgan fingerprint density at radius 2 is 1.67 bits per heavy atom. The molecule has 0 fully saturated rings. The van der Waals surface area contributed by atoms with Crippen molar-refractivity contribution in [2.45, 2.75) is 26.7 Å². The maximum atomic E-state index is 12.0. The van der Waals surface area contributed by atoms with Crippen LogP contribution in [0.3, 0.4) is 0 Å². The fourth-order valence-electron chi connectivity index (χ4n) is 2.43. The largest absolute Gasteiger partial charge is 0.456 e. The van der Waals surface area contributed by atoms with Crippen molar-refractivity contribution in [3.8, 4) is 0 Å². The van der Waals surface area contributed by atoms with Gasteiger partial charge in [0.15, 0.2) is 6.61 Å². The molecular weight excluding hydrogens is 458 g/mol. The van der Waals surface area contributed by atoms with Gasteiger partial charge in [0.1, 0.15) is 0 Å². The summed E-state index contributed by atoms with van der Waals surface area (Å²) in [5.41, 5.74) is 2.71. The normalized spacial score (nSPS) is 10.2. The number of hydrogen-bond acceptors (Lipinski definition) is 6. The van der Waals surface area contributed by atoms with Crippen LogP contribution in [-0.2, 0) is 19.1 Å². The van der Waals surface area contributed by atoms with Crippen LogP contribution in [0.2, 0.25) is 0 Å². The van der Waals surface area contributed by atoms with Gasteiger partial charge >= 0.3 is 5.97 Å². The van der Waals surface area contributed by atoms with Crippen molar-refractivity contribution in [3.05, 3.63) is 62.1 Å². The first-order valence-corrected chi connectivity index (χ1v) is 9.71. The summed E-state index contributed by atoms with van der Waals surface area (Å²) in [6, 6.07) is 8.99. The first-order valence-electron chi connectivity index (χ1n) is 8.92. The van der Waals surface area contributed by atoms with Crippen LogP contribution >= 0.6 is 15.9 Å². The number of benzene rings is 2. The molecule has 9 nitrogen and oxygen atoms in total. The minimum atomic E-state index is -0.687. The number of anilines is 2. The number of hydrogen-bond donors (Lipinski definition) is 2. The number of halogens is 1. The molecule has 0 atom stereocenters. The van der Waals surface area contributed by atoms with E-state index in [4.69, 9.17) is 4.74 Å². The van der Waals surface area contributed by atoms with Crippen molar-refractivity contribution in [3.63, 3.8) is 0 Å². The summed E-state index contributed by atoms with van der Waals surface area (Å²) in [4.78, 5) is 45.7. The molecule has 158 valence electrons. The van der Waals surface area contributed by atoms with Crippen LogP contribution in [0.1, 0.15) is 24.0 Å². The van der Waals surface area contributed by atoms with Crippen molar-refractivity contribution in [1.82, 2.24) is 0 Å². The van der Waals surface area contributed by atoms with Gasteiger partial charge < -0.3 is 15.4 Å². The van der Waals surface area contributed by atoms with E-state index in [1.807, 2.05) is 26.0 Å². The SMILES string of the molecule is Cc1cc(NC(=O)COC(=O)CCC(=O)Nc2ccc([N+](=O)[O-])cc2)c(C)cc1Br. The maximum absolute atomic E-state index is 12.0. The number of carbonyl (C=O) groups is 3. The Morgan fingerprint density at radius 1 is 1.00 bits per heavy atom. The number of nitrogens with zero attached hydrogens (tertiary/aromatic N) is 1. The highest BCUT2D eigenvalue weighted by molar-refractivity contribution is 9.10. The molecule has 10 heteroatoms. The smallest absolute Gasteiger partial charge is 0.306 e. The average Bonchev–Trinajstić information content (AvgIpc) is 2.69. The van der Waals surface area contributed by atoms with E-state index in [0.29, 0.717) is 11.4 Å². The molecule has 0 spiro atoms. The van der Waals surface area contributed by atoms with Crippen LogP contribution in [0.4, 0.5) is 17.1 Å². The lowest BCUT2D eigenvalue weighted by Crippen LogP contribution is -2.22. The predicted molar refractivity (Wildman–Crippen MR) is 114 cm³/mol. The summed E-state index contributed by atoms with van der Waals surface area (Å²) in [7, 11) is 0. The predicted octanol–water partition coefficient (Wildman–Crippen LogP) is 3.87. The monoisotopic (exact) mass is 477 g/mol. The maximum Gasteiger partial charge on any atom is 0.306 e. The molecule has 0 unspecified atom stereocenters. The molecule has 0 aliphatic carbocycles. The fraction of sp³-hybridized carbons (Fsp3) is 0.250. The molecule has 0 heterocycles. The molecule has 2 rings (SSSR count). The molecule has 2 amide bonds. The second-order valence-corrected chi connectivity index (χ2v) is 7.33. The Bertz CT molecular complexity index is 975. The Kier molecular flexibility index (Phi) is 8.05. The molecule has 0 aliphatic heterocycles. The van der Waals surface area contributed by atoms with Crippen molar-refractivity contribution in [2.24, 2.45) is 0 Å². The van der Waals surface area contributed by atoms with Gasteiger partial charge in [-0.25, -0.2) is 0 Å². The van der Waals surface area contributed by atoms with Crippen LogP contribution in [0.15, 0.2) is 40.9 Å². The van der Waals surface area contributed by atoms with Gasteiger partial charge in [-0.2, -0.15) is 0 Å². The Labute approximate surface area is 181 Å². The number of nitrogens with one attached hydrogen (secondary N) is 2. The molecule has 0 aliphatic rings. The van der Waals surface area contributed by atoms with Gasteiger partial charge in [-0.05, 0) is 49.2 Å². The van der Waals surface area contributed by atoms with E-state index in [1.165, 1.54) is 24.3 Å². The summed E-state index contributed by atoms with van der Waals surface area (Å²) in [5.74, 6) is -1.62. The lowest BCUT2D eigenvalue weighted by atomic mass is 10.1. The van der Waals surface area contributed by atoms with E-state index in [9.17, 15) is 24.5 Å². The topological polar surface area (TPSA) is 128 Å². The highest BCUT2D eigenvalue weighted by atomic mass is 79.9. The number of ether oxygens (including phenoxy) is 1. The fourth-order valence-corrected chi connectivity index (χ4v) is 2.88. The molecule has 0 radical (unpaired) electrons. The van der Waals surface area contributed by atoms with Crippen LogP contribution < -0.4 is 10.6 Å². The molecule has 2 aromatic rings. The number of nitro groups is 1. The molecule has 0 saturated carbocycles. The second kappa shape index (κ2) is 10.5. The van der Waals surface area contributed by atoms with Crippen molar-refractivity contribution >= 4 is 50.8 Å².